The van der Waals surface area contributed by atoms with Crippen LogP contribution in [0.25, 0.3) is 88.4 Å². The molecular weight excluding hydrogens is 1200 g/mol. The van der Waals surface area contributed by atoms with Gasteiger partial charge in [0.2, 0.25) is 0 Å². The number of hydrogen-bond donors (Lipinski definition) is 0. The average Bonchev–Trinajstić information content (AvgIpc) is 1.51. The number of hydrogen-bond acceptors (Lipinski definition) is 3. The minimum Gasteiger partial charge on any atom is -0.456 e. The molecule has 15 rings (SSSR count). The fraction of sp³-hybridized carbons (Fsp3) is 0.438. The molecule has 0 saturated carbocycles. The van der Waals surface area contributed by atoms with Crippen molar-refractivity contribution in [3.05, 3.63) is 207 Å². The van der Waals surface area contributed by atoms with Gasteiger partial charge in [0.15, 0.2) is 0 Å². The normalized spacial score (nSPS) is 15.2. The molecule has 11 aromatic rings. The molecule has 0 spiro atoms. The summed E-state index contributed by atoms with van der Waals surface area (Å²) < 4.78 is 14.2. The van der Waals surface area contributed by atoms with E-state index in [0.717, 1.165) is 35.2 Å². The van der Waals surface area contributed by atoms with Crippen molar-refractivity contribution in [3.8, 4) is 44.5 Å². The number of benzene rings is 9. The Labute approximate surface area is 593 Å². The summed E-state index contributed by atoms with van der Waals surface area (Å²) in [5.41, 5.74) is 32.6. The lowest BCUT2D eigenvalue weighted by Gasteiger charge is -2.35. The molecule has 9 aromatic carbocycles. The van der Waals surface area contributed by atoms with Crippen molar-refractivity contribution in [1.82, 2.24) is 0 Å². The summed E-state index contributed by atoms with van der Waals surface area (Å²) in [5, 5.41) is 5.04. The Balaban J connectivity index is 0.939. The predicted octanol–water partition coefficient (Wildman–Crippen LogP) is 29.7. The van der Waals surface area contributed by atoms with E-state index in [9.17, 15) is 0 Å². The van der Waals surface area contributed by atoms with Crippen LogP contribution in [0, 0.1) is 13.8 Å². The van der Waals surface area contributed by atoms with E-state index in [4.69, 9.17) is 8.83 Å². The van der Waals surface area contributed by atoms with Crippen LogP contribution in [0.5, 0.6) is 0 Å². The van der Waals surface area contributed by atoms with E-state index in [-0.39, 0.29) is 21.7 Å². The first-order chi connectivity index (χ1) is 48.3. The number of para-hydroxylation sites is 2. The summed E-state index contributed by atoms with van der Waals surface area (Å²) in [5.74, 6) is 0. The van der Waals surface area contributed by atoms with Gasteiger partial charge in [0.25, 0.3) is 0 Å². The van der Waals surface area contributed by atoms with Crippen LogP contribution in [-0.2, 0) is 21.7 Å². The second-order valence-electron chi connectivity index (χ2n) is 32.3. The number of furan rings is 2. The SMILES string of the molecule is CCCCCCCCC1(CCCCCCCC)c2cc(N(c3ccc4c(c3)C(C)(C)c3c5c(c6c(oc7ccccc76)c3-4)-c3ccccc3C5(C)C)c3ccc(C)cc3C)ccc2-c2cc3c(cc21)-c1c(ccc2oc4ccccc4c12)C3(CCCCCCCC)CCCCCCCC. The van der Waals surface area contributed by atoms with E-state index >= 15 is 0 Å². The molecule has 0 saturated heterocycles. The molecule has 2 aromatic heterocycles. The van der Waals surface area contributed by atoms with Crippen LogP contribution in [0.15, 0.2) is 160 Å². The maximum Gasteiger partial charge on any atom is 0.144 e. The fourth-order valence-corrected chi connectivity index (χ4v) is 20.2. The number of rotatable bonds is 31. The number of unbranched alkanes of at least 4 members (excludes halogenated alkanes) is 20. The molecular formula is C96H111NO2. The summed E-state index contributed by atoms with van der Waals surface area (Å²) in [6, 6.07) is 60.2. The highest BCUT2D eigenvalue weighted by Crippen LogP contribution is 2.66. The highest BCUT2D eigenvalue weighted by Gasteiger charge is 2.51. The van der Waals surface area contributed by atoms with Crippen LogP contribution in [0.4, 0.5) is 17.1 Å². The van der Waals surface area contributed by atoms with Crippen molar-refractivity contribution in [2.75, 3.05) is 4.90 Å². The average molecular weight is 1310 g/mol. The number of nitrogens with zero attached hydrogens (tertiary/aromatic N) is 1. The highest BCUT2D eigenvalue weighted by molar-refractivity contribution is 6.21. The van der Waals surface area contributed by atoms with Crippen molar-refractivity contribution >= 4 is 60.9 Å². The predicted molar refractivity (Wildman–Crippen MR) is 425 cm³/mol. The van der Waals surface area contributed by atoms with E-state index in [1.165, 1.54) is 283 Å². The van der Waals surface area contributed by atoms with Crippen molar-refractivity contribution in [1.29, 1.82) is 0 Å². The molecule has 0 unspecified atom stereocenters. The molecule has 0 radical (unpaired) electrons. The van der Waals surface area contributed by atoms with Gasteiger partial charge in [-0.3, -0.25) is 0 Å². The summed E-state index contributed by atoms with van der Waals surface area (Å²) in [7, 11) is 0. The third-order valence-corrected chi connectivity index (χ3v) is 25.2. The van der Waals surface area contributed by atoms with E-state index < -0.39 is 0 Å². The van der Waals surface area contributed by atoms with Gasteiger partial charge in [-0.15, -0.1) is 0 Å². The maximum absolute atomic E-state index is 7.23. The Kier molecular flexibility index (Phi) is 18.8. The zero-order valence-corrected chi connectivity index (χ0v) is 62.0. The standard InChI is InChI=1S/C96H111NO2/c1-11-15-19-23-27-37-55-95(56-38-28-24-20-16-12-2)76-52-54-84-86(71-42-32-35-45-82(71)98-84)85(76)74-63-79-73(62-80(74)95)68-50-48-67(61-78(68)96(79,57-39-29-25-21-17-13-3)58-40-30-26-22-18-14-4)97(81-53-47-64(5)59-65(81)6)66-49-51-70-77(60-66)94(9,10)91-89(70)92-88(72-43-33-36-46-83(72)99-92)87-69-41-31-34-44-75(69)93(7,8)90(87)91/h31-36,41-54,59-63H,11-30,37-40,55-58H2,1-10H3. The molecule has 4 aliphatic carbocycles. The summed E-state index contributed by atoms with van der Waals surface area (Å²) in [6.07, 6.45) is 35.7. The Morgan fingerprint density at radius 1 is 0.323 bits per heavy atom. The van der Waals surface area contributed by atoms with Gasteiger partial charge in [-0.25, -0.2) is 0 Å². The van der Waals surface area contributed by atoms with E-state index in [1.807, 2.05) is 0 Å². The van der Waals surface area contributed by atoms with E-state index in [2.05, 4.69) is 226 Å². The summed E-state index contributed by atoms with van der Waals surface area (Å²) >= 11 is 0. The first kappa shape index (κ1) is 67.2. The smallest absolute Gasteiger partial charge is 0.144 e. The third kappa shape index (κ3) is 11.4. The molecule has 0 N–H and O–H groups in total. The van der Waals surface area contributed by atoms with E-state index in [1.54, 1.807) is 22.3 Å². The maximum atomic E-state index is 7.23. The Hall–Kier alpha value is -7.62. The molecule has 0 fully saturated rings. The van der Waals surface area contributed by atoms with Gasteiger partial charge >= 0.3 is 0 Å². The second-order valence-corrected chi connectivity index (χ2v) is 32.3. The molecule has 99 heavy (non-hydrogen) atoms. The molecule has 0 amide bonds. The topological polar surface area (TPSA) is 29.5 Å². The van der Waals surface area contributed by atoms with Crippen molar-refractivity contribution < 1.29 is 8.83 Å². The van der Waals surface area contributed by atoms with Crippen molar-refractivity contribution in [3.63, 3.8) is 0 Å². The van der Waals surface area contributed by atoms with Crippen molar-refractivity contribution in [2.45, 2.75) is 271 Å². The van der Waals surface area contributed by atoms with Crippen LogP contribution in [0.3, 0.4) is 0 Å². The van der Waals surface area contributed by atoms with Gasteiger partial charge in [0.1, 0.15) is 22.3 Å². The molecule has 0 bridgehead atoms. The fourth-order valence-electron chi connectivity index (χ4n) is 20.2. The molecule has 2 heterocycles. The zero-order valence-electron chi connectivity index (χ0n) is 62.0. The molecule has 0 atom stereocenters. The first-order valence-electron chi connectivity index (χ1n) is 39.7. The molecule has 3 nitrogen and oxygen atoms in total. The van der Waals surface area contributed by atoms with Gasteiger partial charge in [-0.05, 0) is 189 Å². The number of aryl methyl sites for hydroxylation is 2. The van der Waals surface area contributed by atoms with Gasteiger partial charge in [0, 0.05) is 65.8 Å². The highest BCUT2D eigenvalue weighted by atomic mass is 16.3. The summed E-state index contributed by atoms with van der Waals surface area (Å²) in [6.45, 7) is 24.0. The summed E-state index contributed by atoms with van der Waals surface area (Å²) in [4.78, 5) is 2.67. The van der Waals surface area contributed by atoms with Crippen LogP contribution in [-0.4, -0.2) is 0 Å². The van der Waals surface area contributed by atoms with Crippen LogP contribution in [0.2, 0.25) is 0 Å². The molecule has 0 aliphatic heterocycles. The second kappa shape index (κ2) is 27.7. The first-order valence-corrected chi connectivity index (χ1v) is 39.7. The van der Waals surface area contributed by atoms with Crippen LogP contribution >= 0.6 is 0 Å². The number of anilines is 3. The number of fused-ring (bicyclic) bond motifs is 22. The van der Waals surface area contributed by atoms with Crippen LogP contribution in [0.1, 0.15) is 291 Å². The van der Waals surface area contributed by atoms with Crippen molar-refractivity contribution in [2.24, 2.45) is 0 Å². The minimum absolute atomic E-state index is 0.0948. The van der Waals surface area contributed by atoms with Gasteiger partial charge < -0.3 is 13.7 Å². The van der Waals surface area contributed by atoms with Gasteiger partial charge in [-0.1, -0.05) is 306 Å². The quantitative estimate of drug-likeness (QED) is 0.0406. The van der Waals surface area contributed by atoms with Crippen LogP contribution < -0.4 is 4.90 Å². The molecule has 3 heteroatoms. The monoisotopic (exact) mass is 1310 g/mol. The lowest BCUT2D eigenvalue weighted by atomic mass is 9.68. The molecule has 512 valence electrons. The third-order valence-electron chi connectivity index (χ3n) is 25.2. The Morgan fingerprint density at radius 2 is 0.788 bits per heavy atom. The largest absolute Gasteiger partial charge is 0.456 e. The molecule has 4 aliphatic rings. The minimum atomic E-state index is -0.346. The van der Waals surface area contributed by atoms with Gasteiger partial charge in [-0.2, -0.15) is 0 Å². The van der Waals surface area contributed by atoms with E-state index in [0.29, 0.717) is 0 Å². The lowest BCUT2D eigenvalue weighted by Crippen LogP contribution is -2.27. The van der Waals surface area contributed by atoms with Gasteiger partial charge in [0.05, 0.1) is 0 Å². The Bertz CT molecular complexity index is 4770. The zero-order chi connectivity index (χ0) is 68.2. The lowest BCUT2D eigenvalue weighted by molar-refractivity contribution is 0.394. The Morgan fingerprint density at radius 3 is 1.39 bits per heavy atom.